The van der Waals surface area contributed by atoms with Gasteiger partial charge in [-0.25, -0.2) is 0 Å². The van der Waals surface area contributed by atoms with E-state index in [0.717, 1.165) is 18.7 Å². The van der Waals surface area contributed by atoms with Gasteiger partial charge in [-0.1, -0.05) is 26.0 Å². The topological polar surface area (TPSA) is 21.3 Å². The first kappa shape index (κ1) is 13.0. The van der Waals surface area contributed by atoms with E-state index in [0.29, 0.717) is 6.04 Å². The Morgan fingerprint density at radius 3 is 2.12 bits per heavy atom. The van der Waals surface area contributed by atoms with Crippen LogP contribution in [0.5, 0.6) is 5.75 Å². The lowest BCUT2D eigenvalue weighted by Gasteiger charge is -2.19. The van der Waals surface area contributed by atoms with Gasteiger partial charge in [0.15, 0.2) is 0 Å². The predicted octanol–water partition coefficient (Wildman–Crippen LogP) is 3.37. The van der Waals surface area contributed by atoms with Crippen molar-refractivity contribution in [3.8, 4) is 5.75 Å². The molecule has 1 aromatic rings. The maximum Gasteiger partial charge on any atom is 0.124 e. The number of benzene rings is 1. The maximum atomic E-state index is 5.38. The average Bonchev–Trinajstić information content (AvgIpc) is 2.25. The third-order valence-electron chi connectivity index (χ3n) is 2.95. The smallest absolute Gasteiger partial charge is 0.124 e. The normalized spacial score (nSPS) is 12.6. The fraction of sp³-hybridized carbons (Fsp3) is 0.571. The zero-order valence-corrected chi connectivity index (χ0v) is 11.1. The van der Waals surface area contributed by atoms with Gasteiger partial charge in [0.05, 0.1) is 7.11 Å². The fourth-order valence-electron chi connectivity index (χ4n) is 2.25. The summed E-state index contributed by atoms with van der Waals surface area (Å²) in [5, 5.41) is 3.50. The Kier molecular flexibility index (Phi) is 4.81. The molecule has 2 heteroatoms. The predicted molar refractivity (Wildman–Crippen MR) is 69.2 cm³/mol. The molecule has 0 aliphatic rings. The molecule has 1 N–H and O–H groups in total. The van der Waals surface area contributed by atoms with Crippen molar-refractivity contribution in [2.75, 3.05) is 13.7 Å². The summed E-state index contributed by atoms with van der Waals surface area (Å²) in [4.78, 5) is 0. The van der Waals surface area contributed by atoms with Crippen LogP contribution in [0, 0.1) is 13.8 Å². The van der Waals surface area contributed by atoms with Crippen LogP contribution >= 0.6 is 0 Å². The minimum Gasteiger partial charge on any atom is -0.496 e. The Bertz CT molecular complexity index is 324. The Balaban J connectivity index is 3.06. The van der Waals surface area contributed by atoms with Crippen molar-refractivity contribution in [1.29, 1.82) is 0 Å². The van der Waals surface area contributed by atoms with Crippen molar-refractivity contribution in [2.45, 2.75) is 40.2 Å². The summed E-state index contributed by atoms with van der Waals surface area (Å²) < 4.78 is 5.38. The molecule has 1 atom stereocenters. The summed E-state index contributed by atoms with van der Waals surface area (Å²) in [6.07, 6.45) is 1.11. The molecule has 0 radical (unpaired) electrons. The monoisotopic (exact) mass is 221 g/mol. The highest BCUT2D eigenvalue weighted by atomic mass is 16.5. The van der Waals surface area contributed by atoms with Crippen molar-refractivity contribution in [3.63, 3.8) is 0 Å². The summed E-state index contributed by atoms with van der Waals surface area (Å²) in [5.41, 5.74) is 3.79. The van der Waals surface area contributed by atoms with Crippen LogP contribution in [0.1, 0.15) is 43.0 Å². The van der Waals surface area contributed by atoms with Crippen LogP contribution in [0.25, 0.3) is 0 Å². The first-order valence-corrected chi connectivity index (χ1v) is 6.02. The fourth-order valence-corrected chi connectivity index (χ4v) is 2.25. The molecule has 0 amide bonds. The molecule has 0 heterocycles. The number of hydrogen-bond acceptors (Lipinski definition) is 2. The molecular formula is C14H23NO. The van der Waals surface area contributed by atoms with Crippen molar-refractivity contribution < 1.29 is 4.74 Å². The van der Waals surface area contributed by atoms with E-state index in [-0.39, 0.29) is 0 Å². The molecule has 0 bridgehead atoms. The van der Waals surface area contributed by atoms with Gasteiger partial charge in [-0.3, -0.25) is 0 Å². The third kappa shape index (κ3) is 2.76. The van der Waals surface area contributed by atoms with Crippen molar-refractivity contribution in [2.24, 2.45) is 0 Å². The van der Waals surface area contributed by atoms with E-state index in [1.807, 2.05) is 0 Å². The van der Waals surface area contributed by atoms with Crippen LogP contribution in [0.4, 0.5) is 0 Å². The van der Waals surface area contributed by atoms with Gasteiger partial charge in [0.2, 0.25) is 0 Å². The quantitative estimate of drug-likeness (QED) is 0.823. The second-order valence-corrected chi connectivity index (χ2v) is 4.21. The van der Waals surface area contributed by atoms with E-state index in [1.165, 1.54) is 16.7 Å². The molecule has 2 nitrogen and oxygen atoms in total. The molecule has 1 unspecified atom stereocenters. The van der Waals surface area contributed by atoms with Gasteiger partial charge in [0.25, 0.3) is 0 Å². The third-order valence-corrected chi connectivity index (χ3v) is 2.95. The number of rotatable bonds is 5. The largest absolute Gasteiger partial charge is 0.496 e. The van der Waals surface area contributed by atoms with Crippen LogP contribution < -0.4 is 10.1 Å². The van der Waals surface area contributed by atoms with E-state index < -0.39 is 0 Å². The van der Waals surface area contributed by atoms with Crippen molar-refractivity contribution in [1.82, 2.24) is 5.32 Å². The van der Waals surface area contributed by atoms with Gasteiger partial charge in [0.1, 0.15) is 5.75 Å². The molecule has 0 saturated heterocycles. The standard InChI is InChI=1S/C14H23NO/c1-6-13(15-7-2)12-8-10(3)14(16-5)11(4)9-12/h8-9,13,15H,6-7H2,1-5H3. The van der Waals surface area contributed by atoms with Gasteiger partial charge in [-0.05, 0) is 43.5 Å². The number of aryl methyl sites for hydroxylation is 2. The van der Waals surface area contributed by atoms with Gasteiger partial charge >= 0.3 is 0 Å². The highest BCUT2D eigenvalue weighted by Crippen LogP contribution is 2.28. The Hall–Kier alpha value is -1.02. The van der Waals surface area contributed by atoms with E-state index >= 15 is 0 Å². The zero-order valence-electron chi connectivity index (χ0n) is 11.1. The maximum absolute atomic E-state index is 5.38. The number of nitrogens with one attached hydrogen (secondary N) is 1. The zero-order chi connectivity index (χ0) is 12.1. The molecule has 0 saturated carbocycles. The molecule has 1 rings (SSSR count). The molecule has 0 aromatic heterocycles. The lowest BCUT2D eigenvalue weighted by Crippen LogP contribution is -2.20. The summed E-state index contributed by atoms with van der Waals surface area (Å²) >= 11 is 0. The van der Waals surface area contributed by atoms with E-state index in [1.54, 1.807) is 7.11 Å². The van der Waals surface area contributed by atoms with Crippen molar-refractivity contribution >= 4 is 0 Å². The van der Waals surface area contributed by atoms with Gasteiger partial charge in [-0.2, -0.15) is 0 Å². The Labute approximate surface area is 99.0 Å². The van der Waals surface area contributed by atoms with E-state index in [4.69, 9.17) is 4.74 Å². The molecular weight excluding hydrogens is 198 g/mol. The summed E-state index contributed by atoms with van der Waals surface area (Å²) in [6, 6.07) is 4.90. The summed E-state index contributed by atoms with van der Waals surface area (Å²) in [7, 11) is 1.73. The second kappa shape index (κ2) is 5.90. The first-order valence-electron chi connectivity index (χ1n) is 6.02. The minimum absolute atomic E-state index is 0.452. The minimum atomic E-state index is 0.452. The van der Waals surface area contributed by atoms with Gasteiger partial charge in [0, 0.05) is 6.04 Å². The van der Waals surface area contributed by atoms with E-state index in [9.17, 15) is 0 Å². The molecule has 16 heavy (non-hydrogen) atoms. The number of ether oxygens (including phenoxy) is 1. The molecule has 90 valence electrons. The lowest BCUT2D eigenvalue weighted by molar-refractivity contribution is 0.408. The highest BCUT2D eigenvalue weighted by Gasteiger charge is 2.11. The van der Waals surface area contributed by atoms with Crippen molar-refractivity contribution in [3.05, 3.63) is 28.8 Å². The molecule has 0 aliphatic heterocycles. The molecule has 0 aliphatic carbocycles. The lowest BCUT2D eigenvalue weighted by atomic mass is 9.98. The van der Waals surface area contributed by atoms with Crippen LogP contribution in [-0.4, -0.2) is 13.7 Å². The number of hydrogen-bond donors (Lipinski definition) is 1. The second-order valence-electron chi connectivity index (χ2n) is 4.21. The van der Waals surface area contributed by atoms with E-state index in [2.05, 4.69) is 45.1 Å². The summed E-state index contributed by atoms with van der Waals surface area (Å²) in [6.45, 7) is 9.57. The van der Waals surface area contributed by atoms with Gasteiger partial charge < -0.3 is 10.1 Å². The molecule has 1 aromatic carbocycles. The van der Waals surface area contributed by atoms with Gasteiger partial charge in [-0.15, -0.1) is 0 Å². The number of methoxy groups -OCH3 is 1. The Morgan fingerprint density at radius 1 is 1.19 bits per heavy atom. The Morgan fingerprint density at radius 2 is 1.75 bits per heavy atom. The molecule has 0 fully saturated rings. The van der Waals surface area contributed by atoms with Crippen LogP contribution in [0.15, 0.2) is 12.1 Å². The average molecular weight is 221 g/mol. The van der Waals surface area contributed by atoms with Crippen LogP contribution in [0.3, 0.4) is 0 Å². The van der Waals surface area contributed by atoms with Crippen LogP contribution in [-0.2, 0) is 0 Å². The van der Waals surface area contributed by atoms with Crippen LogP contribution in [0.2, 0.25) is 0 Å². The summed E-state index contributed by atoms with van der Waals surface area (Å²) in [5.74, 6) is 1.01. The highest BCUT2D eigenvalue weighted by molar-refractivity contribution is 5.44. The molecule has 0 spiro atoms. The SMILES string of the molecule is CCNC(CC)c1cc(C)c(OC)c(C)c1. The first-order chi connectivity index (χ1) is 7.63.